The minimum atomic E-state index is -0.499. The highest BCUT2D eigenvalue weighted by Crippen LogP contribution is 2.22. The minimum Gasteiger partial charge on any atom is -0.342 e. The van der Waals surface area contributed by atoms with Crippen molar-refractivity contribution in [3.05, 3.63) is 49.5 Å². The van der Waals surface area contributed by atoms with E-state index < -0.39 is 10.8 Å². The first-order valence-corrected chi connectivity index (χ1v) is 7.63. The van der Waals surface area contributed by atoms with Crippen LogP contribution in [0.15, 0.2) is 34.7 Å². The topological polar surface area (TPSA) is 114 Å². The molecule has 0 aliphatic rings. The number of hydrogen-bond acceptors (Lipinski definition) is 7. The van der Waals surface area contributed by atoms with Crippen molar-refractivity contribution in [2.75, 3.05) is 6.54 Å². The summed E-state index contributed by atoms with van der Waals surface area (Å²) in [7, 11) is 0. The van der Waals surface area contributed by atoms with Gasteiger partial charge in [0.25, 0.3) is 11.8 Å². The maximum absolute atomic E-state index is 11.6. The maximum atomic E-state index is 11.6. The number of amides is 2. The van der Waals surface area contributed by atoms with E-state index in [9.17, 15) is 19.7 Å². The quantitative estimate of drug-likeness (QED) is 0.473. The van der Waals surface area contributed by atoms with Crippen LogP contribution in [0, 0.1) is 10.1 Å². The third kappa shape index (κ3) is 4.46. The van der Waals surface area contributed by atoms with Gasteiger partial charge in [-0.1, -0.05) is 17.4 Å². The number of carbonyl (C=O) groups is 2. The van der Waals surface area contributed by atoms with Crippen LogP contribution in [0.5, 0.6) is 0 Å². The van der Waals surface area contributed by atoms with Crippen molar-refractivity contribution < 1.29 is 14.5 Å². The molecule has 0 atom stereocenters. The molecule has 22 heavy (non-hydrogen) atoms. The zero-order chi connectivity index (χ0) is 15.9. The molecule has 0 saturated carbocycles. The largest absolute Gasteiger partial charge is 0.342 e. The Bertz CT molecular complexity index is 709. The van der Waals surface area contributed by atoms with Crippen LogP contribution in [0.4, 0.5) is 5.00 Å². The van der Waals surface area contributed by atoms with Gasteiger partial charge in [0.05, 0.1) is 27.4 Å². The molecule has 2 aromatic heterocycles. The highest BCUT2D eigenvalue weighted by molar-refractivity contribution is 7.16. The van der Waals surface area contributed by atoms with Gasteiger partial charge >= 0.3 is 5.00 Å². The number of hydrazone groups is 1. The Kier molecular flexibility index (Phi) is 5.33. The van der Waals surface area contributed by atoms with Gasteiger partial charge in [0.1, 0.15) is 0 Å². The molecule has 10 heteroatoms. The van der Waals surface area contributed by atoms with E-state index in [1.165, 1.54) is 29.7 Å². The lowest BCUT2D eigenvalue weighted by Gasteiger charge is -2.01. The van der Waals surface area contributed by atoms with Gasteiger partial charge in [0.2, 0.25) is 0 Å². The number of carbonyl (C=O) groups excluding carboxylic acids is 2. The van der Waals surface area contributed by atoms with Crippen LogP contribution < -0.4 is 10.7 Å². The first-order valence-electron chi connectivity index (χ1n) is 5.94. The third-order valence-electron chi connectivity index (χ3n) is 2.33. The van der Waals surface area contributed by atoms with E-state index in [-0.39, 0.29) is 17.5 Å². The number of nitrogens with one attached hydrogen (secondary N) is 2. The molecular formula is C12H10N4O4S2. The second-order valence-corrected chi connectivity index (χ2v) is 5.93. The summed E-state index contributed by atoms with van der Waals surface area (Å²) >= 11 is 2.22. The number of thiophene rings is 2. The summed E-state index contributed by atoms with van der Waals surface area (Å²) in [4.78, 5) is 34.1. The van der Waals surface area contributed by atoms with Crippen LogP contribution >= 0.6 is 22.7 Å². The van der Waals surface area contributed by atoms with Gasteiger partial charge in [-0.05, 0) is 17.5 Å². The zero-order valence-corrected chi connectivity index (χ0v) is 12.6. The molecule has 0 spiro atoms. The van der Waals surface area contributed by atoms with Crippen molar-refractivity contribution in [3.8, 4) is 0 Å². The van der Waals surface area contributed by atoms with E-state index in [0.29, 0.717) is 9.75 Å². The molecule has 0 fully saturated rings. The van der Waals surface area contributed by atoms with Gasteiger partial charge in [-0.15, -0.1) is 11.3 Å². The fraction of sp³-hybridized carbons (Fsp3) is 0.0833. The van der Waals surface area contributed by atoms with E-state index in [1.54, 1.807) is 17.5 Å². The Morgan fingerprint density at radius 1 is 1.36 bits per heavy atom. The monoisotopic (exact) mass is 338 g/mol. The molecule has 8 nitrogen and oxygen atoms in total. The van der Waals surface area contributed by atoms with Gasteiger partial charge in [-0.2, -0.15) is 5.10 Å². The SMILES string of the molecule is O=C(CNC(=O)c1cccs1)N/N=C\c1ccc([N+](=O)[O-])s1. The molecule has 0 bridgehead atoms. The average Bonchev–Trinajstić information content (AvgIpc) is 3.16. The summed E-state index contributed by atoms with van der Waals surface area (Å²) in [6.45, 7) is -0.210. The molecule has 0 aromatic carbocycles. The predicted octanol–water partition coefficient (Wildman–Crippen LogP) is 1.60. The second-order valence-electron chi connectivity index (χ2n) is 3.89. The molecule has 0 radical (unpaired) electrons. The van der Waals surface area contributed by atoms with Crippen molar-refractivity contribution in [1.29, 1.82) is 0 Å². The van der Waals surface area contributed by atoms with Crippen molar-refractivity contribution >= 4 is 45.7 Å². The van der Waals surface area contributed by atoms with E-state index in [1.807, 2.05) is 0 Å². The fourth-order valence-corrected chi connectivity index (χ4v) is 2.71. The Labute approximate surface area is 132 Å². The molecule has 0 saturated heterocycles. The standard InChI is InChI=1S/C12H10N4O4S2/c17-10(7-13-12(18)9-2-1-5-21-9)15-14-6-8-3-4-11(22-8)16(19)20/h1-6H,7H2,(H,13,18)(H,15,17)/b14-6-. The summed E-state index contributed by atoms with van der Waals surface area (Å²) < 4.78 is 0. The fourth-order valence-electron chi connectivity index (χ4n) is 1.37. The number of hydrogen-bond donors (Lipinski definition) is 2. The Hall–Kier alpha value is -2.59. The van der Waals surface area contributed by atoms with Crippen molar-refractivity contribution in [1.82, 2.24) is 10.7 Å². The molecule has 114 valence electrons. The van der Waals surface area contributed by atoms with Gasteiger partial charge in [0.15, 0.2) is 0 Å². The first-order chi connectivity index (χ1) is 10.6. The summed E-state index contributed by atoms with van der Waals surface area (Å²) in [6.07, 6.45) is 1.30. The van der Waals surface area contributed by atoms with Crippen molar-refractivity contribution in [2.24, 2.45) is 5.10 Å². The molecule has 2 aromatic rings. The summed E-state index contributed by atoms with van der Waals surface area (Å²) in [5, 5.41) is 18.4. The number of nitrogens with zero attached hydrogens (tertiary/aromatic N) is 2. The highest BCUT2D eigenvalue weighted by Gasteiger charge is 2.09. The summed E-state index contributed by atoms with van der Waals surface area (Å²) in [5.74, 6) is -0.824. The van der Waals surface area contributed by atoms with Crippen LogP contribution in [0.3, 0.4) is 0 Å². The lowest BCUT2D eigenvalue weighted by molar-refractivity contribution is -0.380. The molecule has 2 amide bonds. The van der Waals surface area contributed by atoms with E-state index in [4.69, 9.17) is 0 Å². The van der Waals surface area contributed by atoms with Crippen LogP contribution in [0.1, 0.15) is 14.5 Å². The van der Waals surface area contributed by atoms with Crippen molar-refractivity contribution in [2.45, 2.75) is 0 Å². The molecule has 2 rings (SSSR count). The number of nitro groups is 1. The lowest BCUT2D eigenvalue weighted by atomic mass is 10.4. The van der Waals surface area contributed by atoms with Crippen molar-refractivity contribution in [3.63, 3.8) is 0 Å². The third-order valence-corrected chi connectivity index (χ3v) is 4.17. The average molecular weight is 338 g/mol. The van der Waals surface area contributed by atoms with Crippen LogP contribution in [-0.4, -0.2) is 29.5 Å². The lowest BCUT2D eigenvalue weighted by Crippen LogP contribution is -2.34. The van der Waals surface area contributed by atoms with Gasteiger partial charge in [-0.25, -0.2) is 5.43 Å². The van der Waals surface area contributed by atoms with Gasteiger partial charge < -0.3 is 5.32 Å². The molecule has 2 heterocycles. The Morgan fingerprint density at radius 2 is 2.18 bits per heavy atom. The van der Waals surface area contributed by atoms with E-state index in [2.05, 4.69) is 15.8 Å². The normalized spacial score (nSPS) is 10.5. The smallest absolute Gasteiger partial charge is 0.324 e. The summed E-state index contributed by atoms with van der Waals surface area (Å²) in [5.41, 5.74) is 2.23. The first kappa shape index (κ1) is 15.8. The van der Waals surface area contributed by atoms with Gasteiger partial charge in [-0.3, -0.25) is 19.7 Å². The van der Waals surface area contributed by atoms with Crippen LogP contribution in [-0.2, 0) is 4.79 Å². The second kappa shape index (κ2) is 7.43. The maximum Gasteiger partial charge on any atom is 0.324 e. The highest BCUT2D eigenvalue weighted by atomic mass is 32.1. The molecule has 2 N–H and O–H groups in total. The van der Waals surface area contributed by atoms with Crippen LogP contribution in [0.2, 0.25) is 0 Å². The molecule has 0 aliphatic carbocycles. The predicted molar refractivity (Wildman–Crippen MR) is 83.4 cm³/mol. The van der Waals surface area contributed by atoms with E-state index in [0.717, 1.165) is 11.3 Å². The Morgan fingerprint density at radius 3 is 2.82 bits per heavy atom. The minimum absolute atomic E-state index is 0.00372. The molecule has 0 aliphatic heterocycles. The molecule has 0 unspecified atom stereocenters. The van der Waals surface area contributed by atoms with E-state index >= 15 is 0 Å². The van der Waals surface area contributed by atoms with Crippen LogP contribution in [0.25, 0.3) is 0 Å². The number of rotatable bonds is 6. The zero-order valence-electron chi connectivity index (χ0n) is 11.0. The Balaban J connectivity index is 1.76. The molecular weight excluding hydrogens is 328 g/mol. The van der Waals surface area contributed by atoms with Gasteiger partial charge in [0, 0.05) is 6.07 Å². The summed E-state index contributed by atoms with van der Waals surface area (Å²) in [6, 6.07) is 6.27.